The molecule has 0 atom stereocenters. The van der Waals surface area contributed by atoms with Gasteiger partial charge in [-0.3, -0.25) is 0 Å². The van der Waals surface area contributed by atoms with Gasteiger partial charge < -0.3 is 14.4 Å². The SMILES string of the molecule is [CH2-]C(C(F)(F)F)C(F)(F)F.[CH3-].[Li].[Zn+2]. The summed E-state index contributed by atoms with van der Waals surface area (Å²) in [5.74, 6) is -3.49. The summed E-state index contributed by atoms with van der Waals surface area (Å²) in [6.07, 6.45) is -10.6. The molecule has 0 aromatic carbocycles. The Morgan fingerprint density at radius 2 is 1.00 bits per heavy atom. The molecule has 0 aliphatic heterocycles. The smallest absolute Gasteiger partial charge is 0.358 e. The maximum Gasteiger partial charge on any atom is 2.00 e. The van der Waals surface area contributed by atoms with Gasteiger partial charge in [0.25, 0.3) is 0 Å². The summed E-state index contributed by atoms with van der Waals surface area (Å²) in [5, 5.41) is 0. The van der Waals surface area contributed by atoms with Gasteiger partial charge in [-0.25, -0.2) is 0 Å². The van der Waals surface area contributed by atoms with Gasteiger partial charge in [-0.2, -0.15) is 26.3 Å². The Balaban J connectivity index is -0.000000135. The van der Waals surface area contributed by atoms with Gasteiger partial charge >= 0.3 is 31.8 Å². The Morgan fingerprint density at radius 3 is 1.00 bits per heavy atom. The second-order valence-corrected chi connectivity index (χ2v) is 1.64. The Morgan fingerprint density at radius 1 is 0.846 bits per heavy atom. The number of rotatable bonds is 0. The minimum absolute atomic E-state index is 0. The molecule has 8 heteroatoms. The fraction of sp³-hybridized carbons (Fsp3) is 0.600. The Labute approximate surface area is 97.4 Å². The number of hydrogen-bond donors (Lipinski definition) is 0. The Bertz CT molecular complexity index is 105. The molecular weight excluding hydrogens is 246 g/mol. The monoisotopic (exact) mass is 251 g/mol. The van der Waals surface area contributed by atoms with E-state index in [-0.39, 0.29) is 45.8 Å². The van der Waals surface area contributed by atoms with E-state index in [1.807, 2.05) is 6.92 Å². The molecule has 0 aromatic rings. The molecular formula is C5H6F6LiZn. The van der Waals surface area contributed by atoms with Crippen LogP contribution in [-0.4, -0.2) is 31.2 Å². The van der Waals surface area contributed by atoms with E-state index < -0.39 is 18.3 Å². The van der Waals surface area contributed by atoms with Crippen molar-refractivity contribution in [2.45, 2.75) is 12.4 Å². The van der Waals surface area contributed by atoms with Gasteiger partial charge in [0.15, 0.2) is 0 Å². The largest absolute Gasteiger partial charge is 2.00 e. The van der Waals surface area contributed by atoms with Crippen molar-refractivity contribution < 1.29 is 45.8 Å². The van der Waals surface area contributed by atoms with Crippen molar-refractivity contribution in [3.63, 3.8) is 0 Å². The summed E-state index contributed by atoms with van der Waals surface area (Å²) >= 11 is 0. The summed E-state index contributed by atoms with van der Waals surface area (Å²) in [6, 6.07) is 0. The molecule has 0 unspecified atom stereocenters. The predicted molar refractivity (Wildman–Crippen MR) is 33.1 cm³/mol. The topological polar surface area (TPSA) is 0 Å². The van der Waals surface area contributed by atoms with Crippen molar-refractivity contribution >= 4 is 18.9 Å². The van der Waals surface area contributed by atoms with Gasteiger partial charge in [-0.1, -0.05) is 0 Å². The summed E-state index contributed by atoms with van der Waals surface area (Å²) in [7, 11) is 0. The van der Waals surface area contributed by atoms with Gasteiger partial charge in [0.05, 0.1) is 0 Å². The van der Waals surface area contributed by atoms with Gasteiger partial charge in [-0.15, -0.1) is 0 Å². The molecule has 1 radical (unpaired) electrons. The van der Waals surface area contributed by atoms with Crippen molar-refractivity contribution in [3.05, 3.63) is 14.4 Å². The van der Waals surface area contributed by atoms with E-state index in [0.29, 0.717) is 0 Å². The molecule has 0 nitrogen and oxygen atoms in total. The number of halogens is 6. The fourth-order valence-corrected chi connectivity index (χ4v) is 0.186. The molecule has 0 aromatic heterocycles. The van der Waals surface area contributed by atoms with Crippen molar-refractivity contribution in [1.82, 2.24) is 0 Å². The van der Waals surface area contributed by atoms with Crippen molar-refractivity contribution in [2.75, 3.05) is 0 Å². The molecule has 0 rings (SSSR count). The van der Waals surface area contributed by atoms with Gasteiger partial charge in [-0.05, 0) is 0 Å². The van der Waals surface area contributed by atoms with Crippen LogP contribution in [0.2, 0.25) is 0 Å². The third kappa shape index (κ3) is 9.11. The molecule has 0 heterocycles. The minimum atomic E-state index is -5.29. The van der Waals surface area contributed by atoms with E-state index in [0.717, 1.165) is 0 Å². The zero-order valence-electron chi connectivity index (χ0n) is 7.26. The minimum Gasteiger partial charge on any atom is -0.358 e. The molecule has 71 valence electrons. The van der Waals surface area contributed by atoms with Crippen LogP contribution in [0.5, 0.6) is 0 Å². The second kappa shape index (κ2) is 7.14. The predicted octanol–water partition coefficient (Wildman–Crippen LogP) is 2.63. The Hall–Kier alpha value is 0.801. The van der Waals surface area contributed by atoms with Gasteiger partial charge in [0.1, 0.15) is 0 Å². The third-order valence-electron chi connectivity index (χ3n) is 0.790. The van der Waals surface area contributed by atoms with Crippen LogP contribution in [0.15, 0.2) is 0 Å². The summed E-state index contributed by atoms with van der Waals surface area (Å²) < 4.78 is 67.0. The first kappa shape index (κ1) is 23.5. The maximum absolute atomic E-state index is 11.2. The van der Waals surface area contributed by atoms with E-state index in [2.05, 4.69) is 0 Å². The van der Waals surface area contributed by atoms with Gasteiger partial charge in [0.2, 0.25) is 0 Å². The zero-order chi connectivity index (χ0) is 8.58. The molecule has 13 heavy (non-hydrogen) atoms. The average molecular weight is 252 g/mol. The van der Waals surface area contributed by atoms with Gasteiger partial charge in [0, 0.05) is 24.8 Å². The van der Waals surface area contributed by atoms with Crippen LogP contribution < -0.4 is 0 Å². The number of alkyl halides is 6. The first-order valence-corrected chi connectivity index (χ1v) is 2.12. The fourth-order valence-electron chi connectivity index (χ4n) is 0.186. The molecule has 0 saturated heterocycles. The molecule has 0 aliphatic rings. The molecule has 0 saturated carbocycles. The first-order valence-electron chi connectivity index (χ1n) is 2.12. The maximum atomic E-state index is 11.2. The van der Waals surface area contributed by atoms with Crippen LogP contribution in [0.1, 0.15) is 0 Å². The third-order valence-corrected chi connectivity index (χ3v) is 0.790. The average Bonchev–Trinajstić information content (AvgIpc) is 1.59. The number of hydrogen-bond acceptors (Lipinski definition) is 0. The molecule has 0 aliphatic carbocycles. The summed E-state index contributed by atoms with van der Waals surface area (Å²) in [4.78, 5) is 0. The molecule has 0 amide bonds. The molecule has 0 bridgehead atoms. The van der Waals surface area contributed by atoms with Crippen LogP contribution in [0.25, 0.3) is 0 Å². The second-order valence-electron chi connectivity index (χ2n) is 1.64. The van der Waals surface area contributed by atoms with E-state index in [9.17, 15) is 26.3 Å². The van der Waals surface area contributed by atoms with Crippen LogP contribution in [0.3, 0.4) is 0 Å². The molecule has 0 spiro atoms. The van der Waals surface area contributed by atoms with Crippen LogP contribution in [0, 0.1) is 20.3 Å². The first-order chi connectivity index (χ1) is 4.15. The van der Waals surface area contributed by atoms with Crippen molar-refractivity contribution in [2.24, 2.45) is 5.92 Å². The van der Waals surface area contributed by atoms with E-state index in [1.54, 1.807) is 0 Å². The standard InChI is InChI=1S/C4H3F6.CH3.Li.Zn/c1-2(3(5,6)7)4(8,9)10;;;/h2H,1H2;1H3;;/q2*-1;;+2. The normalized spacial score (nSPS) is 11.1. The van der Waals surface area contributed by atoms with Crippen LogP contribution >= 0.6 is 0 Å². The summed E-state index contributed by atoms with van der Waals surface area (Å²) in [5.41, 5.74) is 0. The van der Waals surface area contributed by atoms with E-state index in [4.69, 9.17) is 0 Å². The molecule has 0 fully saturated rings. The summed E-state index contributed by atoms with van der Waals surface area (Å²) in [6.45, 7) is 1.93. The van der Waals surface area contributed by atoms with Crippen molar-refractivity contribution in [1.29, 1.82) is 0 Å². The van der Waals surface area contributed by atoms with Crippen LogP contribution in [-0.2, 0) is 19.5 Å². The van der Waals surface area contributed by atoms with Crippen LogP contribution in [0.4, 0.5) is 26.3 Å². The zero-order valence-corrected chi connectivity index (χ0v) is 10.2. The van der Waals surface area contributed by atoms with E-state index in [1.165, 1.54) is 0 Å². The van der Waals surface area contributed by atoms with E-state index >= 15 is 0 Å². The quantitative estimate of drug-likeness (QED) is 0.353. The Kier molecular flexibility index (Phi) is 12.9. The molecule has 0 N–H and O–H groups in total. The van der Waals surface area contributed by atoms with Crippen molar-refractivity contribution in [3.8, 4) is 0 Å².